The quantitative estimate of drug-likeness (QED) is 0.714. The number of pyridine rings is 1. The summed E-state index contributed by atoms with van der Waals surface area (Å²) in [5, 5.41) is 3.49. The van der Waals surface area contributed by atoms with Crippen LogP contribution in [-0.4, -0.2) is 21.9 Å². The van der Waals surface area contributed by atoms with Gasteiger partial charge in [-0.1, -0.05) is 18.2 Å². The molecule has 0 aliphatic carbocycles. The monoisotopic (exact) mass is 310 g/mol. The lowest BCUT2D eigenvalue weighted by molar-refractivity contribution is -0.118. The predicted octanol–water partition coefficient (Wildman–Crippen LogP) is 2.50. The summed E-state index contributed by atoms with van der Waals surface area (Å²) in [6, 6.07) is 7.17. The number of benzene rings is 1. The van der Waals surface area contributed by atoms with E-state index >= 15 is 0 Å². The summed E-state index contributed by atoms with van der Waals surface area (Å²) in [6.45, 7) is 0. The third-order valence-corrected chi connectivity index (χ3v) is 3.82. The fourth-order valence-electron chi connectivity index (χ4n) is 2.79. The molecule has 2 aromatic heterocycles. The van der Waals surface area contributed by atoms with Crippen molar-refractivity contribution in [1.82, 2.24) is 15.3 Å². The molecule has 0 bridgehead atoms. The van der Waals surface area contributed by atoms with Gasteiger partial charge in [-0.15, -0.1) is 0 Å². The number of nitrogens with one attached hydrogen (secondary N) is 2. The number of hydrogen-bond acceptors (Lipinski definition) is 3. The highest BCUT2D eigenvalue weighted by Gasteiger charge is 2.41. The Morgan fingerprint density at radius 2 is 2.00 bits per heavy atom. The van der Waals surface area contributed by atoms with E-state index in [2.05, 4.69) is 15.3 Å². The van der Waals surface area contributed by atoms with Crippen LogP contribution >= 0.6 is 0 Å². The number of H-pyrrole nitrogens is 1. The smallest absolute Gasteiger partial charge is 0.329 e. The zero-order valence-electron chi connectivity index (χ0n) is 11.8. The number of fused-ring (bicyclic) bond motifs is 1. The predicted molar refractivity (Wildman–Crippen MR) is 81.3 cm³/mol. The Kier molecular flexibility index (Phi) is 2.87. The topological polar surface area (TPSA) is 78.1 Å². The Bertz CT molecular complexity index is 936. The third kappa shape index (κ3) is 2.05. The van der Waals surface area contributed by atoms with Gasteiger partial charge < -0.3 is 10.3 Å². The van der Waals surface area contributed by atoms with Crippen molar-refractivity contribution >= 4 is 28.5 Å². The summed E-state index contributed by atoms with van der Waals surface area (Å²) >= 11 is 0. The molecule has 3 aromatic rings. The summed E-state index contributed by atoms with van der Waals surface area (Å²) in [5.41, 5.74) is 1.65. The molecule has 1 atom stereocenters. The molecule has 1 fully saturated rings. The van der Waals surface area contributed by atoms with E-state index in [-0.39, 0.29) is 5.69 Å². The standard InChI is InChI=1S/C16H11FN4O2/c17-9-5-10(7-18-6-9)21-15(22)14(20-16(21)23)12-8-19-13-4-2-1-3-11(12)13/h1-8,14,19H,(H,20,23). The van der Waals surface area contributed by atoms with Gasteiger partial charge in [0.2, 0.25) is 0 Å². The average Bonchev–Trinajstić information content (AvgIpc) is 3.08. The van der Waals surface area contributed by atoms with Crippen LogP contribution in [0.3, 0.4) is 0 Å². The van der Waals surface area contributed by atoms with E-state index < -0.39 is 23.8 Å². The number of amides is 3. The van der Waals surface area contributed by atoms with E-state index in [1.54, 1.807) is 6.20 Å². The first kappa shape index (κ1) is 13.4. The molecule has 0 spiro atoms. The molecule has 0 radical (unpaired) electrons. The molecule has 1 aliphatic rings. The normalized spacial score (nSPS) is 17.8. The Morgan fingerprint density at radius 3 is 2.83 bits per heavy atom. The van der Waals surface area contributed by atoms with Gasteiger partial charge in [0.1, 0.15) is 11.9 Å². The van der Waals surface area contributed by atoms with Crippen LogP contribution < -0.4 is 10.2 Å². The van der Waals surface area contributed by atoms with Crippen LogP contribution in [-0.2, 0) is 4.79 Å². The molecule has 23 heavy (non-hydrogen) atoms. The molecule has 1 aliphatic heterocycles. The Labute approximate surface area is 129 Å². The molecule has 6 nitrogen and oxygen atoms in total. The van der Waals surface area contributed by atoms with Crippen molar-refractivity contribution in [1.29, 1.82) is 0 Å². The third-order valence-electron chi connectivity index (χ3n) is 3.82. The van der Waals surface area contributed by atoms with Crippen LogP contribution in [0.2, 0.25) is 0 Å². The zero-order chi connectivity index (χ0) is 16.0. The van der Waals surface area contributed by atoms with Gasteiger partial charge in [-0.05, 0) is 6.07 Å². The maximum absolute atomic E-state index is 13.3. The fraction of sp³-hybridized carbons (Fsp3) is 0.0625. The van der Waals surface area contributed by atoms with Crippen LogP contribution in [0.25, 0.3) is 10.9 Å². The molecule has 1 saturated heterocycles. The van der Waals surface area contributed by atoms with Crippen LogP contribution in [0.15, 0.2) is 48.9 Å². The van der Waals surface area contributed by atoms with E-state index in [9.17, 15) is 14.0 Å². The number of rotatable bonds is 2. The molecule has 1 aromatic carbocycles. The summed E-state index contributed by atoms with van der Waals surface area (Å²) in [4.78, 5) is 32.5. The number of hydrogen-bond donors (Lipinski definition) is 2. The van der Waals surface area contributed by atoms with Crippen LogP contribution in [0.5, 0.6) is 0 Å². The Morgan fingerprint density at radius 1 is 1.17 bits per heavy atom. The number of halogens is 1. The van der Waals surface area contributed by atoms with E-state index in [0.29, 0.717) is 5.56 Å². The molecule has 2 N–H and O–H groups in total. The lowest BCUT2D eigenvalue weighted by Crippen LogP contribution is -2.30. The molecule has 7 heteroatoms. The number of urea groups is 1. The molecule has 4 rings (SSSR count). The maximum Gasteiger partial charge on any atom is 0.329 e. The highest BCUT2D eigenvalue weighted by Crippen LogP contribution is 2.31. The fourth-order valence-corrected chi connectivity index (χ4v) is 2.79. The highest BCUT2D eigenvalue weighted by molar-refractivity contribution is 6.22. The minimum atomic E-state index is -0.818. The number of para-hydroxylation sites is 1. The lowest BCUT2D eigenvalue weighted by atomic mass is 10.1. The van der Waals surface area contributed by atoms with E-state index in [1.165, 1.54) is 6.20 Å². The molecular weight excluding hydrogens is 299 g/mol. The summed E-state index contributed by atoms with van der Waals surface area (Å²) in [6.07, 6.45) is 3.98. The number of imide groups is 1. The van der Waals surface area contributed by atoms with Crippen LogP contribution in [0, 0.1) is 5.82 Å². The van der Waals surface area contributed by atoms with Gasteiger partial charge >= 0.3 is 6.03 Å². The summed E-state index contributed by atoms with van der Waals surface area (Å²) in [7, 11) is 0. The molecule has 3 amide bonds. The van der Waals surface area contributed by atoms with Gasteiger partial charge in [-0.2, -0.15) is 0 Å². The van der Waals surface area contributed by atoms with E-state index in [4.69, 9.17) is 0 Å². The highest BCUT2D eigenvalue weighted by atomic mass is 19.1. The summed E-state index contributed by atoms with van der Waals surface area (Å²) < 4.78 is 13.3. The second kappa shape index (κ2) is 4.91. The molecule has 1 unspecified atom stereocenters. The van der Waals surface area contributed by atoms with Crippen molar-refractivity contribution in [2.75, 3.05) is 4.90 Å². The second-order valence-corrected chi connectivity index (χ2v) is 5.21. The van der Waals surface area contributed by atoms with Crippen molar-refractivity contribution in [2.24, 2.45) is 0 Å². The van der Waals surface area contributed by atoms with Gasteiger partial charge in [0.15, 0.2) is 0 Å². The first-order valence-corrected chi connectivity index (χ1v) is 6.96. The average molecular weight is 310 g/mol. The van der Waals surface area contributed by atoms with Crippen LogP contribution in [0.1, 0.15) is 11.6 Å². The molecular formula is C16H11FN4O2. The minimum Gasteiger partial charge on any atom is -0.361 e. The zero-order valence-corrected chi connectivity index (χ0v) is 11.8. The SMILES string of the molecule is O=C1NC(c2c[nH]c3ccccc23)C(=O)N1c1cncc(F)c1. The number of nitrogens with zero attached hydrogens (tertiary/aromatic N) is 2. The molecule has 0 saturated carbocycles. The first-order chi connectivity index (χ1) is 11.1. The van der Waals surface area contributed by atoms with E-state index in [0.717, 1.165) is 28.1 Å². The van der Waals surface area contributed by atoms with Gasteiger partial charge in [-0.25, -0.2) is 14.1 Å². The second-order valence-electron chi connectivity index (χ2n) is 5.21. The number of anilines is 1. The van der Waals surface area contributed by atoms with Gasteiger partial charge in [0, 0.05) is 28.7 Å². The maximum atomic E-state index is 13.3. The lowest BCUT2D eigenvalue weighted by Gasteiger charge is -2.12. The van der Waals surface area contributed by atoms with Gasteiger partial charge in [0.05, 0.1) is 18.1 Å². The number of carbonyl (C=O) groups is 2. The van der Waals surface area contributed by atoms with Crippen molar-refractivity contribution < 1.29 is 14.0 Å². The first-order valence-electron chi connectivity index (χ1n) is 6.96. The van der Waals surface area contributed by atoms with Crippen molar-refractivity contribution in [3.8, 4) is 0 Å². The van der Waals surface area contributed by atoms with Gasteiger partial charge in [-0.3, -0.25) is 9.78 Å². The Balaban J connectivity index is 1.75. The molecule has 3 heterocycles. The van der Waals surface area contributed by atoms with Crippen LogP contribution in [0.4, 0.5) is 14.9 Å². The van der Waals surface area contributed by atoms with Crippen molar-refractivity contribution in [3.05, 3.63) is 60.3 Å². The molecule has 114 valence electrons. The number of aromatic nitrogens is 2. The van der Waals surface area contributed by atoms with Crippen molar-refractivity contribution in [2.45, 2.75) is 6.04 Å². The van der Waals surface area contributed by atoms with Crippen molar-refractivity contribution in [3.63, 3.8) is 0 Å². The number of carbonyl (C=O) groups excluding carboxylic acids is 2. The summed E-state index contributed by atoms with van der Waals surface area (Å²) in [5.74, 6) is -1.08. The Hall–Kier alpha value is -3.22. The van der Waals surface area contributed by atoms with E-state index in [1.807, 2.05) is 24.3 Å². The number of aromatic amines is 1. The van der Waals surface area contributed by atoms with Gasteiger partial charge in [0.25, 0.3) is 5.91 Å². The largest absolute Gasteiger partial charge is 0.361 e. The minimum absolute atomic E-state index is 0.106.